The SMILES string of the molecule is C=C(C)COCCNC(CN)c1ccccc1OC(F)F. The first-order chi connectivity index (χ1) is 10.0. The van der Waals surface area contributed by atoms with Crippen LogP contribution in [0, 0.1) is 0 Å². The summed E-state index contributed by atoms with van der Waals surface area (Å²) in [7, 11) is 0. The minimum Gasteiger partial charge on any atom is -0.434 e. The third-order valence-electron chi connectivity index (χ3n) is 2.73. The Kier molecular flexibility index (Phi) is 7.89. The maximum Gasteiger partial charge on any atom is 0.387 e. The molecule has 4 nitrogen and oxygen atoms in total. The third kappa shape index (κ3) is 6.66. The number of hydrogen-bond acceptors (Lipinski definition) is 4. The van der Waals surface area contributed by atoms with E-state index in [-0.39, 0.29) is 18.3 Å². The molecule has 0 aliphatic carbocycles. The summed E-state index contributed by atoms with van der Waals surface area (Å²) in [5.41, 5.74) is 7.26. The van der Waals surface area contributed by atoms with Gasteiger partial charge in [0.2, 0.25) is 0 Å². The summed E-state index contributed by atoms with van der Waals surface area (Å²) in [6, 6.07) is 6.36. The molecule has 0 spiro atoms. The molecule has 0 fully saturated rings. The molecule has 0 heterocycles. The van der Waals surface area contributed by atoms with E-state index in [9.17, 15) is 8.78 Å². The van der Waals surface area contributed by atoms with Crippen LogP contribution in [0.3, 0.4) is 0 Å². The van der Waals surface area contributed by atoms with E-state index in [4.69, 9.17) is 10.5 Å². The van der Waals surface area contributed by atoms with Gasteiger partial charge in [0.25, 0.3) is 0 Å². The molecule has 0 aliphatic heterocycles. The van der Waals surface area contributed by atoms with Crippen LogP contribution in [0.4, 0.5) is 8.78 Å². The highest BCUT2D eigenvalue weighted by atomic mass is 19.3. The van der Waals surface area contributed by atoms with Crippen LogP contribution in [0.1, 0.15) is 18.5 Å². The maximum atomic E-state index is 12.4. The van der Waals surface area contributed by atoms with E-state index in [0.717, 1.165) is 5.57 Å². The summed E-state index contributed by atoms with van der Waals surface area (Å²) in [6.07, 6.45) is 0. The molecular formula is C15H22F2N2O2. The van der Waals surface area contributed by atoms with Gasteiger partial charge in [0.1, 0.15) is 5.75 Å². The highest BCUT2D eigenvalue weighted by molar-refractivity contribution is 5.36. The van der Waals surface area contributed by atoms with Gasteiger partial charge < -0.3 is 20.5 Å². The second kappa shape index (κ2) is 9.44. The van der Waals surface area contributed by atoms with Crippen molar-refractivity contribution in [1.29, 1.82) is 0 Å². The number of alkyl halides is 2. The van der Waals surface area contributed by atoms with Crippen LogP contribution in [0.5, 0.6) is 5.75 Å². The summed E-state index contributed by atoms with van der Waals surface area (Å²) in [6.45, 7) is 4.57. The smallest absolute Gasteiger partial charge is 0.387 e. The van der Waals surface area contributed by atoms with E-state index in [2.05, 4.69) is 16.6 Å². The molecule has 1 atom stereocenters. The van der Waals surface area contributed by atoms with Crippen LogP contribution in [0.25, 0.3) is 0 Å². The Morgan fingerprint density at radius 3 is 2.71 bits per heavy atom. The number of halogens is 2. The molecule has 0 saturated heterocycles. The Morgan fingerprint density at radius 2 is 2.10 bits per heavy atom. The van der Waals surface area contributed by atoms with Gasteiger partial charge in [-0.2, -0.15) is 8.78 Å². The zero-order valence-electron chi connectivity index (χ0n) is 12.1. The molecule has 1 aromatic carbocycles. The van der Waals surface area contributed by atoms with Crippen LogP contribution in [-0.4, -0.2) is 32.9 Å². The summed E-state index contributed by atoms with van der Waals surface area (Å²) in [4.78, 5) is 0. The molecule has 0 bridgehead atoms. The highest BCUT2D eigenvalue weighted by Crippen LogP contribution is 2.25. The molecule has 0 amide bonds. The fraction of sp³-hybridized carbons (Fsp3) is 0.467. The maximum absolute atomic E-state index is 12.4. The number of hydrogen-bond donors (Lipinski definition) is 2. The van der Waals surface area contributed by atoms with Gasteiger partial charge in [-0.15, -0.1) is 0 Å². The lowest BCUT2D eigenvalue weighted by Gasteiger charge is -2.20. The van der Waals surface area contributed by atoms with Gasteiger partial charge in [-0.3, -0.25) is 0 Å². The predicted molar refractivity (Wildman–Crippen MR) is 78.5 cm³/mol. The van der Waals surface area contributed by atoms with Gasteiger partial charge in [0.15, 0.2) is 0 Å². The number of nitrogens with one attached hydrogen (secondary N) is 1. The average Bonchev–Trinajstić information content (AvgIpc) is 2.43. The van der Waals surface area contributed by atoms with Gasteiger partial charge in [-0.25, -0.2) is 0 Å². The molecule has 1 rings (SSSR count). The van der Waals surface area contributed by atoms with Gasteiger partial charge >= 0.3 is 6.61 Å². The van der Waals surface area contributed by atoms with E-state index in [0.29, 0.717) is 25.3 Å². The standard InChI is InChI=1S/C15H22F2N2O2/c1-11(2)10-20-8-7-19-13(9-18)12-5-3-4-6-14(12)21-15(16)17/h3-6,13,15,19H,1,7-10,18H2,2H3. The number of ether oxygens (including phenoxy) is 2. The van der Waals surface area contributed by atoms with Crippen LogP contribution in [0.2, 0.25) is 0 Å². The topological polar surface area (TPSA) is 56.5 Å². The van der Waals surface area contributed by atoms with Crippen molar-refractivity contribution in [2.75, 3.05) is 26.3 Å². The molecule has 0 radical (unpaired) electrons. The lowest BCUT2D eigenvalue weighted by molar-refractivity contribution is -0.0507. The predicted octanol–water partition coefficient (Wildman–Crippen LogP) is 2.47. The van der Waals surface area contributed by atoms with Crippen molar-refractivity contribution in [1.82, 2.24) is 5.32 Å². The monoisotopic (exact) mass is 300 g/mol. The highest BCUT2D eigenvalue weighted by Gasteiger charge is 2.16. The molecule has 1 aromatic rings. The Balaban J connectivity index is 2.57. The van der Waals surface area contributed by atoms with Crippen molar-refractivity contribution in [2.24, 2.45) is 5.73 Å². The van der Waals surface area contributed by atoms with Gasteiger partial charge in [-0.05, 0) is 13.0 Å². The molecule has 0 aliphatic rings. The van der Waals surface area contributed by atoms with E-state index >= 15 is 0 Å². The molecule has 1 unspecified atom stereocenters. The van der Waals surface area contributed by atoms with E-state index in [1.165, 1.54) is 6.07 Å². The van der Waals surface area contributed by atoms with Crippen molar-refractivity contribution < 1.29 is 18.3 Å². The molecule has 3 N–H and O–H groups in total. The summed E-state index contributed by atoms with van der Waals surface area (Å²) in [5.74, 6) is 0.137. The molecule has 0 aromatic heterocycles. The summed E-state index contributed by atoms with van der Waals surface area (Å²) >= 11 is 0. The van der Waals surface area contributed by atoms with E-state index < -0.39 is 6.61 Å². The van der Waals surface area contributed by atoms with Gasteiger partial charge in [0.05, 0.1) is 13.2 Å². The quantitative estimate of drug-likeness (QED) is 0.515. The normalized spacial score (nSPS) is 12.4. The van der Waals surface area contributed by atoms with Crippen LogP contribution in [-0.2, 0) is 4.74 Å². The second-order valence-corrected chi connectivity index (χ2v) is 4.67. The number of nitrogens with two attached hydrogens (primary N) is 1. The van der Waals surface area contributed by atoms with Gasteiger partial charge in [0, 0.05) is 24.7 Å². The number of benzene rings is 1. The number of para-hydroxylation sites is 1. The van der Waals surface area contributed by atoms with Crippen LogP contribution in [0.15, 0.2) is 36.4 Å². The third-order valence-corrected chi connectivity index (χ3v) is 2.73. The first kappa shape index (κ1) is 17.6. The van der Waals surface area contributed by atoms with Crippen molar-refractivity contribution >= 4 is 0 Å². The van der Waals surface area contributed by atoms with Gasteiger partial charge in [-0.1, -0.05) is 30.4 Å². The molecule has 21 heavy (non-hydrogen) atoms. The minimum absolute atomic E-state index is 0.137. The van der Waals surface area contributed by atoms with E-state index in [1.807, 2.05) is 6.92 Å². The lowest BCUT2D eigenvalue weighted by atomic mass is 10.1. The minimum atomic E-state index is -2.86. The number of rotatable bonds is 10. The Bertz CT molecular complexity index is 441. The first-order valence-corrected chi connectivity index (χ1v) is 6.74. The Labute approximate surface area is 123 Å². The zero-order valence-corrected chi connectivity index (χ0v) is 12.1. The fourth-order valence-electron chi connectivity index (χ4n) is 1.84. The molecule has 6 heteroatoms. The fourth-order valence-corrected chi connectivity index (χ4v) is 1.84. The van der Waals surface area contributed by atoms with Crippen LogP contribution < -0.4 is 15.8 Å². The van der Waals surface area contributed by atoms with Crippen LogP contribution >= 0.6 is 0 Å². The van der Waals surface area contributed by atoms with Crippen molar-refractivity contribution in [3.63, 3.8) is 0 Å². The first-order valence-electron chi connectivity index (χ1n) is 6.74. The largest absolute Gasteiger partial charge is 0.434 e. The molecule has 0 saturated carbocycles. The second-order valence-electron chi connectivity index (χ2n) is 4.67. The average molecular weight is 300 g/mol. The van der Waals surface area contributed by atoms with Crippen molar-refractivity contribution in [2.45, 2.75) is 19.6 Å². The molecular weight excluding hydrogens is 278 g/mol. The summed E-state index contributed by atoms with van der Waals surface area (Å²) in [5, 5.41) is 3.17. The summed E-state index contributed by atoms with van der Waals surface area (Å²) < 4.78 is 34.7. The van der Waals surface area contributed by atoms with Crippen molar-refractivity contribution in [3.8, 4) is 5.75 Å². The van der Waals surface area contributed by atoms with E-state index in [1.54, 1.807) is 18.2 Å². The Morgan fingerprint density at radius 1 is 1.38 bits per heavy atom. The Hall–Kier alpha value is -1.50. The zero-order chi connectivity index (χ0) is 15.7. The molecule has 118 valence electrons. The lowest BCUT2D eigenvalue weighted by Crippen LogP contribution is -2.31. The van der Waals surface area contributed by atoms with Crippen molar-refractivity contribution in [3.05, 3.63) is 42.0 Å².